The molecule has 0 saturated heterocycles. The molecule has 0 unspecified atom stereocenters. The number of nitriles is 1. The Labute approximate surface area is 216 Å². The molecule has 1 amide bonds. The van der Waals surface area contributed by atoms with Crippen molar-refractivity contribution < 1.29 is 22.8 Å². The van der Waals surface area contributed by atoms with Gasteiger partial charge in [0.15, 0.2) is 5.78 Å². The lowest BCUT2D eigenvalue weighted by Crippen LogP contribution is -2.52. The molecule has 1 aliphatic carbocycles. The lowest BCUT2D eigenvalue weighted by atomic mass is 9.60. The van der Waals surface area contributed by atoms with Gasteiger partial charge in [0.1, 0.15) is 17.3 Å². The van der Waals surface area contributed by atoms with Crippen LogP contribution in [-0.4, -0.2) is 11.7 Å². The first-order valence-corrected chi connectivity index (χ1v) is 11.9. The van der Waals surface area contributed by atoms with E-state index in [1.165, 1.54) is 17.0 Å². The van der Waals surface area contributed by atoms with Crippen LogP contribution in [0, 0.1) is 23.7 Å². The van der Waals surface area contributed by atoms with Gasteiger partial charge in [0.25, 0.3) is 0 Å². The molecule has 0 fully saturated rings. The highest BCUT2D eigenvalue weighted by atomic mass is 35.5. The third kappa shape index (κ3) is 3.39. The van der Waals surface area contributed by atoms with E-state index in [-0.39, 0.29) is 34.9 Å². The molecule has 3 aliphatic rings. The number of anilines is 2. The molecule has 3 N–H and O–H groups in total. The summed E-state index contributed by atoms with van der Waals surface area (Å²) in [7, 11) is 0. The Morgan fingerprint density at radius 3 is 2.35 bits per heavy atom. The number of carbonyl (C=O) groups excluding carboxylic acids is 2. The SMILES string of the molecule is Cc1c(Cl)ccc2c1NC(=O)[C@@]21C(C#N)=C(N)N(c2ccc(C(F)(F)F)cc2)C2=C1C(=O)CC(C)(C)C2. The molecule has 10 heteroatoms. The summed E-state index contributed by atoms with van der Waals surface area (Å²) in [6, 6.07) is 9.58. The van der Waals surface area contributed by atoms with Crippen molar-refractivity contribution in [3.8, 4) is 6.07 Å². The highest BCUT2D eigenvalue weighted by Gasteiger charge is 2.61. The van der Waals surface area contributed by atoms with Crippen LogP contribution in [0.2, 0.25) is 5.02 Å². The number of halogens is 4. The van der Waals surface area contributed by atoms with Crippen LogP contribution in [0.15, 0.2) is 59.1 Å². The molecule has 1 spiro atoms. The molecular weight excluding hydrogens is 505 g/mol. The summed E-state index contributed by atoms with van der Waals surface area (Å²) in [6.45, 7) is 5.50. The van der Waals surface area contributed by atoms with E-state index in [1.807, 2.05) is 13.8 Å². The maximum atomic E-state index is 13.8. The molecule has 2 heterocycles. The van der Waals surface area contributed by atoms with E-state index in [9.17, 15) is 28.0 Å². The van der Waals surface area contributed by atoms with E-state index in [0.29, 0.717) is 34.0 Å². The number of fused-ring (bicyclic) bond motifs is 3. The Morgan fingerprint density at radius 1 is 1.11 bits per heavy atom. The summed E-state index contributed by atoms with van der Waals surface area (Å²) in [4.78, 5) is 29.1. The van der Waals surface area contributed by atoms with Gasteiger partial charge in [-0.2, -0.15) is 18.4 Å². The molecule has 0 radical (unpaired) electrons. The second kappa shape index (κ2) is 7.86. The Kier molecular flexibility index (Phi) is 5.29. The van der Waals surface area contributed by atoms with Crippen LogP contribution in [0.5, 0.6) is 0 Å². The van der Waals surface area contributed by atoms with Gasteiger partial charge in [-0.1, -0.05) is 31.5 Å². The lowest BCUT2D eigenvalue weighted by molar-refractivity contribution is -0.137. The Hall–Kier alpha value is -3.77. The fourth-order valence-electron chi connectivity index (χ4n) is 5.70. The summed E-state index contributed by atoms with van der Waals surface area (Å²) in [5.41, 5.74) is 5.36. The van der Waals surface area contributed by atoms with Crippen LogP contribution in [0.3, 0.4) is 0 Å². The largest absolute Gasteiger partial charge is 0.416 e. The Bertz CT molecular complexity index is 1500. The first-order chi connectivity index (χ1) is 17.2. The number of nitrogens with two attached hydrogens (primary N) is 1. The fourth-order valence-corrected chi connectivity index (χ4v) is 5.86. The Morgan fingerprint density at radius 2 is 1.76 bits per heavy atom. The number of benzene rings is 2. The van der Waals surface area contributed by atoms with E-state index in [0.717, 1.165) is 12.1 Å². The minimum Gasteiger partial charge on any atom is -0.384 e. The molecule has 0 aromatic heterocycles. The quantitative estimate of drug-likeness (QED) is 0.495. The maximum Gasteiger partial charge on any atom is 0.416 e. The van der Waals surface area contributed by atoms with Crippen LogP contribution in [-0.2, 0) is 21.2 Å². The number of alkyl halides is 3. The van der Waals surface area contributed by atoms with E-state index < -0.39 is 28.5 Å². The third-order valence-corrected chi connectivity index (χ3v) is 7.73. The van der Waals surface area contributed by atoms with Crippen LogP contribution < -0.4 is 16.0 Å². The van der Waals surface area contributed by atoms with Gasteiger partial charge >= 0.3 is 6.18 Å². The van der Waals surface area contributed by atoms with Crippen molar-refractivity contribution in [1.29, 1.82) is 5.26 Å². The summed E-state index contributed by atoms with van der Waals surface area (Å²) in [6.07, 6.45) is -4.13. The molecule has 2 aromatic rings. The van der Waals surface area contributed by atoms with Gasteiger partial charge in [0.2, 0.25) is 5.91 Å². The smallest absolute Gasteiger partial charge is 0.384 e. The van der Waals surface area contributed by atoms with Crippen molar-refractivity contribution in [3.63, 3.8) is 0 Å². The molecule has 2 aliphatic heterocycles. The normalized spacial score (nSPS) is 22.7. The van der Waals surface area contributed by atoms with Crippen LogP contribution in [0.25, 0.3) is 0 Å². The first kappa shape index (κ1) is 24.9. The minimum absolute atomic E-state index is 0.107. The molecule has 37 heavy (non-hydrogen) atoms. The molecule has 1 atom stereocenters. The van der Waals surface area contributed by atoms with Gasteiger partial charge in [-0.15, -0.1) is 0 Å². The molecule has 0 bridgehead atoms. The topological polar surface area (TPSA) is 99.2 Å². The predicted molar refractivity (Wildman–Crippen MR) is 132 cm³/mol. The van der Waals surface area contributed by atoms with Crippen LogP contribution in [0.1, 0.15) is 43.4 Å². The maximum absolute atomic E-state index is 13.8. The highest BCUT2D eigenvalue weighted by Crippen LogP contribution is 2.58. The summed E-state index contributed by atoms with van der Waals surface area (Å²) in [5, 5.41) is 13.6. The van der Waals surface area contributed by atoms with Crippen LogP contribution in [0.4, 0.5) is 24.5 Å². The number of ketones is 1. The second-order valence-corrected chi connectivity index (χ2v) is 10.7. The lowest BCUT2D eigenvalue weighted by Gasteiger charge is -2.46. The minimum atomic E-state index is -4.54. The van der Waals surface area contributed by atoms with Gasteiger partial charge in [0, 0.05) is 34.0 Å². The van der Waals surface area contributed by atoms with Gasteiger partial charge in [-0.3, -0.25) is 14.5 Å². The number of rotatable bonds is 1. The van der Waals surface area contributed by atoms with Crippen molar-refractivity contribution in [2.45, 2.75) is 45.2 Å². The van der Waals surface area contributed by atoms with Crippen molar-refractivity contribution >= 4 is 34.7 Å². The average Bonchev–Trinajstić information content (AvgIpc) is 3.08. The second-order valence-electron chi connectivity index (χ2n) is 10.3. The van der Waals surface area contributed by atoms with Crippen molar-refractivity contribution in [3.05, 3.63) is 80.8 Å². The summed E-state index contributed by atoms with van der Waals surface area (Å²) < 4.78 is 39.7. The summed E-state index contributed by atoms with van der Waals surface area (Å²) >= 11 is 6.30. The number of hydrogen-bond donors (Lipinski definition) is 2. The number of hydrogen-bond acceptors (Lipinski definition) is 5. The molecule has 5 rings (SSSR count). The molecular formula is C27H22ClF3N4O2. The zero-order valence-corrected chi connectivity index (χ0v) is 20.9. The Balaban J connectivity index is 1.85. The van der Waals surface area contributed by atoms with E-state index in [2.05, 4.69) is 11.4 Å². The van der Waals surface area contributed by atoms with E-state index in [1.54, 1.807) is 19.1 Å². The summed E-state index contributed by atoms with van der Waals surface area (Å²) in [5.74, 6) is -1.05. The molecule has 190 valence electrons. The predicted octanol–water partition coefficient (Wildman–Crippen LogP) is 5.71. The zero-order valence-electron chi connectivity index (χ0n) is 20.2. The third-order valence-electron chi connectivity index (χ3n) is 7.32. The van der Waals surface area contributed by atoms with Gasteiger partial charge in [-0.05, 0) is 54.7 Å². The zero-order chi connectivity index (χ0) is 27.1. The van der Waals surface area contributed by atoms with Crippen LogP contribution >= 0.6 is 11.6 Å². The fraction of sp³-hybridized carbons (Fsp3) is 0.296. The number of amides is 1. The van der Waals surface area contributed by atoms with Gasteiger partial charge in [-0.25, -0.2) is 0 Å². The van der Waals surface area contributed by atoms with Gasteiger partial charge in [0.05, 0.1) is 16.8 Å². The number of Topliss-reactive ketones (excluding diaryl/α,β-unsaturated/α-hetero) is 1. The standard InChI is InChI=1S/C27H22ClF3N4O2/c1-13-18(28)9-8-16-22(13)34-24(37)26(16)17(12-32)23(33)35(15-6-4-14(5-7-15)27(29,30)31)19-10-25(2,3)11-20(36)21(19)26/h4-9H,10-11,33H2,1-3H3,(H,34,37)/t26-/m1/s1. The monoisotopic (exact) mass is 526 g/mol. The van der Waals surface area contributed by atoms with E-state index >= 15 is 0 Å². The molecule has 2 aromatic carbocycles. The van der Waals surface area contributed by atoms with E-state index in [4.69, 9.17) is 17.3 Å². The van der Waals surface area contributed by atoms with Crippen molar-refractivity contribution in [2.75, 3.05) is 10.2 Å². The molecule has 6 nitrogen and oxygen atoms in total. The average molecular weight is 527 g/mol. The van der Waals surface area contributed by atoms with Crippen molar-refractivity contribution in [1.82, 2.24) is 0 Å². The van der Waals surface area contributed by atoms with Crippen molar-refractivity contribution in [2.24, 2.45) is 11.1 Å². The number of nitrogens with zero attached hydrogens (tertiary/aromatic N) is 2. The highest BCUT2D eigenvalue weighted by molar-refractivity contribution is 6.32. The number of nitrogens with one attached hydrogen (secondary N) is 1. The molecule has 0 saturated carbocycles. The first-order valence-electron chi connectivity index (χ1n) is 11.5. The number of carbonyl (C=O) groups is 2. The van der Waals surface area contributed by atoms with Gasteiger partial charge < -0.3 is 11.1 Å². The number of allylic oxidation sites excluding steroid dienone is 1.